The van der Waals surface area contributed by atoms with Crippen molar-refractivity contribution in [3.8, 4) is 0 Å². The fraction of sp³-hybridized carbons (Fsp3) is 0.500. The van der Waals surface area contributed by atoms with E-state index in [1.54, 1.807) is 4.90 Å². The average molecular weight is 276 g/mol. The Labute approximate surface area is 115 Å². The van der Waals surface area contributed by atoms with Gasteiger partial charge in [-0.05, 0) is 31.2 Å². The molecule has 2 aliphatic heterocycles. The number of carbonyl (C=O) groups excluding carboxylic acids is 1. The van der Waals surface area contributed by atoms with Crippen LogP contribution in [0.15, 0.2) is 17.1 Å². The van der Waals surface area contributed by atoms with Crippen molar-refractivity contribution in [3.05, 3.63) is 33.7 Å². The van der Waals surface area contributed by atoms with Crippen molar-refractivity contribution in [1.29, 1.82) is 0 Å². The fourth-order valence-corrected chi connectivity index (χ4v) is 3.17. The van der Waals surface area contributed by atoms with E-state index < -0.39 is 11.9 Å². The molecule has 0 saturated carbocycles. The molecule has 1 amide bonds. The molecule has 2 N–H and O–H groups in total. The second kappa shape index (κ2) is 4.77. The molecule has 0 radical (unpaired) electrons. The van der Waals surface area contributed by atoms with Gasteiger partial charge in [0.15, 0.2) is 0 Å². The number of fused-ring (bicyclic) bond motifs is 2. The van der Waals surface area contributed by atoms with Gasteiger partial charge in [0.1, 0.15) is 0 Å². The summed E-state index contributed by atoms with van der Waals surface area (Å²) in [6.07, 6.45) is 4.24. The molecular weight excluding hydrogens is 260 g/mol. The smallest absolute Gasteiger partial charge is 0.308 e. The van der Waals surface area contributed by atoms with Gasteiger partial charge in [0, 0.05) is 24.8 Å². The van der Waals surface area contributed by atoms with Crippen LogP contribution in [0.2, 0.25) is 0 Å². The van der Waals surface area contributed by atoms with Gasteiger partial charge >= 0.3 is 5.97 Å². The highest BCUT2D eigenvalue weighted by Gasteiger charge is 2.37. The van der Waals surface area contributed by atoms with Crippen LogP contribution >= 0.6 is 0 Å². The standard InChI is InChI=1S/C14H16N2O4/c17-12-5-8-1-3-10-4-2-9(14(19)20)7-16(10)13(18)11(8)6-15-12/h5-6,9-10H,1-4,7H2,(H,15,17)(H,19,20). The molecule has 0 spiro atoms. The van der Waals surface area contributed by atoms with Crippen LogP contribution in [-0.2, 0) is 11.2 Å². The van der Waals surface area contributed by atoms with Crippen LogP contribution in [0.1, 0.15) is 35.2 Å². The zero-order valence-electron chi connectivity index (χ0n) is 11.0. The number of H-pyrrole nitrogens is 1. The lowest BCUT2D eigenvalue weighted by molar-refractivity contribution is -0.143. The van der Waals surface area contributed by atoms with Gasteiger partial charge in [0.05, 0.1) is 11.5 Å². The van der Waals surface area contributed by atoms with Crippen molar-refractivity contribution in [2.24, 2.45) is 5.92 Å². The maximum absolute atomic E-state index is 12.6. The molecule has 6 nitrogen and oxygen atoms in total. The lowest BCUT2D eigenvalue weighted by Crippen LogP contribution is -2.48. The highest BCUT2D eigenvalue weighted by molar-refractivity contribution is 5.96. The molecule has 3 rings (SSSR count). The Hall–Kier alpha value is -2.11. The minimum Gasteiger partial charge on any atom is -0.481 e. The summed E-state index contributed by atoms with van der Waals surface area (Å²) >= 11 is 0. The first-order valence-corrected chi connectivity index (χ1v) is 6.81. The molecule has 2 atom stereocenters. The second-order valence-corrected chi connectivity index (χ2v) is 5.50. The van der Waals surface area contributed by atoms with Crippen LogP contribution in [0, 0.1) is 5.92 Å². The van der Waals surface area contributed by atoms with E-state index in [0.717, 1.165) is 12.0 Å². The third-order valence-corrected chi connectivity index (χ3v) is 4.30. The fourth-order valence-electron chi connectivity index (χ4n) is 3.17. The molecule has 2 unspecified atom stereocenters. The zero-order valence-corrected chi connectivity index (χ0v) is 11.0. The van der Waals surface area contributed by atoms with Gasteiger partial charge in [0.25, 0.3) is 5.91 Å². The van der Waals surface area contributed by atoms with Crippen LogP contribution in [0.25, 0.3) is 0 Å². The molecule has 0 bridgehead atoms. The van der Waals surface area contributed by atoms with Gasteiger partial charge in [-0.3, -0.25) is 14.4 Å². The Kier molecular flexibility index (Phi) is 3.08. The number of hydrogen-bond acceptors (Lipinski definition) is 3. The number of pyridine rings is 1. The van der Waals surface area contributed by atoms with Crippen molar-refractivity contribution in [2.75, 3.05) is 6.54 Å². The highest BCUT2D eigenvalue weighted by atomic mass is 16.4. The lowest BCUT2D eigenvalue weighted by Gasteiger charge is -2.37. The third kappa shape index (κ3) is 2.11. The number of piperidine rings is 1. The van der Waals surface area contributed by atoms with Gasteiger partial charge in [-0.1, -0.05) is 0 Å². The molecule has 2 aliphatic rings. The minimum atomic E-state index is -0.845. The monoisotopic (exact) mass is 276 g/mol. The van der Waals surface area contributed by atoms with E-state index in [1.807, 2.05) is 0 Å². The van der Waals surface area contributed by atoms with Crippen molar-refractivity contribution in [3.63, 3.8) is 0 Å². The minimum absolute atomic E-state index is 0.0839. The van der Waals surface area contributed by atoms with E-state index >= 15 is 0 Å². The van der Waals surface area contributed by atoms with E-state index in [9.17, 15) is 14.4 Å². The lowest BCUT2D eigenvalue weighted by atomic mass is 9.91. The number of carbonyl (C=O) groups is 2. The van der Waals surface area contributed by atoms with Gasteiger partial charge in [-0.25, -0.2) is 0 Å². The summed E-state index contributed by atoms with van der Waals surface area (Å²) in [6, 6.07) is 1.56. The number of aromatic amines is 1. The highest BCUT2D eigenvalue weighted by Crippen LogP contribution is 2.30. The first kappa shape index (κ1) is 12.9. The number of nitrogens with zero attached hydrogens (tertiary/aromatic N) is 1. The Bertz CT molecular complexity index is 622. The quantitative estimate of drug-likeness (QED) is 0.787. The molecule has 1 fully saturated rings. The normalized spacial score (nSPS) is 25.6. The molecule has 20 heavy (non-hydrogen) atoms. The molecular formula is C14H16N2O4. The summed E-state index contributed by atoms with van der Waals surface area (Å²) in [7, 11) is 0. The number of rotatable bonds is 1. The van der Waals surface area contributed by atoms with E-state index in [2.05, 4.69) is 4.98 Å². The number of amides is 1. The molecule has 1 saturated heterocycles. The molecule has 6 heteroatoms. The van der Waals surface area contributed by atoms with Crippen LogP contribution < -0.4 is 5.56 Å². The number of aryl methyl sites for hydroxylation is 1. The predicted molar refractivity (Wildman–Crippen MR) is 70.6 cm³/mol. The second-order valence-electron chi connectivity index (χ2n) is 5.50. The number of carboxylic acids is 1. The van der Waals surface area contributed by atoms with Crippen LogP contribution in [0.4, 0.5) is 0 Å². The maximum Gasteiger partial charge on any atom is 0.308 e. The zero-order chi connectivity index (χ0) is 14.3. The maximum atomic E-state index is 12.6. The van der Waals surface area contributed by atoms with E-state index in [-0.39, 0.29) is 24.1 Å². The van der Waals surface area contributed by atoms with Gasteiger partial charge < -0.3 is 15.0 Å². The summed E-state index contributed by atoms with van der Waals surface area (Å²) in [6.45, 7) is 0.261. The molecule has 1 aromatic heterocycles. The Balaban J connectivity index is 1.95. The molecule has 0 aliphatic carbocycles. The first-order chi connectivity index (χ1) is 9.56. The topological polar surface area (TPSA) is 90.5 Å². The summed E-state index contributed by atoms with van der Waals surface area (Å²) < 4.78 is 0. The van der Waals surface area contributed by atoms with Crippen molar-refractivity contribution in [1.82, 2.24) is 9.88 Å². The third-order valence-electron chi connectivity index (χ3n) is 4.30. The van der Waals surface area contributed by atoms with Crippen molar-refractivity contribution >= 4 is 11.9 Å². The average Bonchev–Trinajstić information content (AvgIpc) is 2.56. The number of hydrogen-bond donors (Lipinski definition) is 2. The first-order valence-electron chi connectivity index (χ1n) is 6.81. The van der Waals surface area contributed by atoms with Gasteiger partial charge in [0.2, 0.25) is 5.56 Å². The molecule has 106 valence electrons. The SMILES string of the molecule is O=C(O)C1CCC2CCc3cc(=O)[nH]cc3C(=O)N2C1. The van der Waals surface area contributed by atoms with E-state index in [4.69, 9.17) is 5.11 Å². The van der Waals surface area contributed by atoms with Crippen LogP contribution in [0.5, 0.6) is 0 Å². The summed E-state index contributed by atoms with van der Waals surface area (Å²) in [5.41, 5.74) is 1.05. The molecule has 1 aromatic rings. The van der Waals surface area contributed by atoms with Gasteiger partial charge in [-0.2, -0.15) is 0 Å². The Morgan fingerprint density at radius 2 is 2.10 bits per heavy atom. The Morgan fingerprint density at radius 1 is 1.30 bits per heavy atom. The van der Waals surface area contributed by atoms with Crippen LogP contribution in [-0.4, -0.2) is 39.5 Å². The van der Waals surface area contributed by atoms with E-state index in [0.29, 0.717) is 24.8 Å². The van der Waals surface area contributed by atoms with Crippen molar-refractivity contribution < 1.29 is 14.7 Å². The molecule has 0 aromatic carbocycles. The predicted octanol–water partition coefficient (Wildman–Crippen LogP) is 0.627. The largest absolute Gasteiger partial charge is 0.481 e. The van der Waals surface area contributed by atoms with Crippen molar-refractivity contribution in [2.45, 2.75) is 31.7 Å². The molecule has 3 heterocycles. The number of nitrogens with one attached hydrogen (secondary N) is 1. The van der Waals surface area contributed by atoms with Crippen LogP contribution in [0.3, 0.4) is 0 Å². The summed E-state index contributed by atoms with van der Waals surface area (Å²) in [5.74, 6) is -1.49. The van der Waals surface area contributed by atoms with Gasteiger partial charge in [-0.15, -0.1) is 0 Å². The number of aliphatic carboxylic acids is 1. The van der Waals surface area contributed by atoms with E-state index in [1.165, 1.54) is 12.3 Å². The summed E-state index contributed by atoms with van der Waals surface area (Å²) in [4.78, 5) is 39.2. The number of carboxylic acid groups (broad SMARTS) is 1. The Morgan fingerprint density at radius 3 is 2.85 bits per heavy atom. The summed E-state index contributed by atoms with van der Waals surface area (Å²) in [5, 5.41) is 9.13. The number of aromatic nitrogens is 1.